The number of likely N-dealkylation sites (tertiary alicyclic amines) is 1. The largest absolute Gasteiger partial charge is 0.378 e. The van der Waals surface area contributed by atoms with E-state index in [4.69, 9.17) is 26.7 Å². The molecule has 702 valence electrons. The van der Waals surface area contributed by atoms with E-state index in [1.54, 1.807) is 24.5 Å². The van der Waals surface area contributed by atoms with Crippen LogP contribution in [0, 0.1) is 105 Å². The zero-order chi connectivity index (χ0) is 94.2. The molecule has 0 bridgehead atoms. The smallest absolute Gasteiger partial charge is 0.230 e. The van der Waals surface area contributed by atoms with Gasteiger partial charge in [0, 0.05) is 211 Å². The number of carbonyl (C=O) groups excluding carboxylic acids is 9. The van der Waals surface area contributed by atoms with Crippen LogP contribution in [0.25, 0.3) is 0 Å². The molecular formula is C87H102F18N12O11. The summed E-state index contributed by atoms with van der Waals surface area (Å²) in [6.45, 7) is 12.9. The maximum atomic E-state index is 13.6. The van der Waals surface area contributed by atoms with Gasteiger partial charge in [-0.05, 0) is 122 Å². The van der Waals surface area contributed by atoms with Crippen molar-refractivity contribution in [3.63, 3.8) is 0 Å². The van der Waals surface area contributed by atoms with Gasteiger partial charge in [0.25, 0.3) is 0 Å². The fourth-order valence-electron chi connectivity index (χ4n) is 13.8. The molecule has 6 aliphatic rings. The maximum absolute atomic E-state index is 13.6. The number of halogens is 18. The monoisotopic (exact) mass is 1830 g/mol. The Hall–Kier alpha value is -10.4. The van der Waals surface area contributed by atoms with Crippen LogP contribution in [0.5, 0.6) is 0 Å². The highest BCUT2D eigenvalue weighted by molar-refractivity contribution is 6.00. The summed E-state index contributed by atoms with van der Waals surface area (Å²) in [5.74, 6) is -23.1. The first-order valence-corrected chi connectivity index (χ1v) is 41.1. The number of rotatable bonds is 24. The van der Waals surface area contributed by atoms with Crippen molar-refractivity contribution in [2.75, 3.05) is 158 Å². The predicted molar refractivity (Wildman–Crippen MR) is 430 cm³/mol. The number of Topliss-reactive ketones (excluding diaryl/α,β-unsaturated/α-hetero) is 3. The molecule has 6 saturated heterocycles. The Kier molecular flexibility index (Phi) is 42.2. The van der Waals surface area contributed by atoms with Crippen molar-refractivity contribution in [3.8, 4) is 0 Å². The lowest BCUT2D eigenvalue weighted by molar-refractivity contribution is -0.139. The highest BCUT2D eigenvalue weighted by Gasteiger charge is 2.30. The van der Waals surface area contributed by atoms with Gasteiger partial charge in [0.05, 0.1) is 45.7 Å². The number of benzene rings is 6. The lowest BCUT2D eigenvalue weighted by Crippen LogP contribution is -2.48. The van der Waals surface area contributed by atoms with E-state index >= 15 is 0 Å². The molecule has 0 aromatic heterocycles. The Balaban J connectivity index is 0.000000210. The molecule has 0 aliphatic carbocycles. The van der Waals surface area contributed by atoms with Crippen LogP contribution in [0.3, 0.4) is 0 Å². The minimum absolute atomic E-state index is 0.00259. The van der Waals surface area contributed by atoms with E-state index < -0.39 is 166 Å². The fraction of sp³-hybridized carbons (Fsp3) is 0.483. The SMILES string of the molecule is CN1CCN(C(=O)CC(=O)Cc2cc(F)c(F)cc2F)CC1.CN1CCN(C(=O)C[C@H](N)Cc2cc(F)c(F)cc2F)CC1.N[C@@H](CC(=O)N1CCCCC1)Cc1cc(F)c(F)cc1F.N[C@@H](CC(=O)N1CCOCC1)Cc1cc(F)c(F)cc1F.O=C(CC(=O)N1CCNCC1)Cc1cc(F)c(F)cc1F.O=C(CC(=O)N1CCOCC1)Cc1cc(F)c(F)cc1F. The zero-order valence-corrected chi connectivity index (χ0v) is 70.4. The number of nitrogens with two attached hydrogens (primary N) is 3. The minimum atomic E-state index is -1.31. The number of hydrogen-bond acceptors (Lipinski definition) is 17. The highest BCUT2D eigenvalue weighted by Crippen LogP contribution is 2.24. The molecule has 128 heavy (non-hydrogen) atoms. The van der Waals surface area contributed by atoms with Crippen LogP contribution < -0.4 is 22.5 Å². The number of piperidine rings is 1. The second-order valence-electron chi connectivity index (χ2n) is 31.3. The quantitative estimate of drug-likeness (QED) is 0.0250. The molecule has 6 amide bonds. The number of likely N-dealkylation sites (N-methyl/N-ethyl adjacent to an activating group) is 2. The number of amides is 6. The summed E-state index contributed by atoms with van der Waals surface area (Å²) in [6.07, 6.45) is 0.804. The van der Waals surface area contributed by atoms with Crippen molar-refractivity contribution in [1.82, 2.24) is 44.5 Å². The molecule has 0 radical (unpaired) electrons. The number of nitrogens with zero attached hydrogens (tertiary/aromatic N) is 8. The third-order valence-electron chi connectivity index (χ3n) is 21.1. The third kappa shape index (κ3) is 34.5. The lowest BCUT2D eigenvalue weighted by Gasteiger charge is -2.33. The van der Waals surface area contributed by atoms with E-state index in [1.807, 2.05) is 14.1 Å². The molecule has 41 heteroatoms. The fourth-order valence-corrected chi connectivity index (χ4v) is 13.8. The Morgan fingerprint density at radius 1 is 0.273 bits per heavy atom. The van der Waals surface area contributed by atoms with Crippen LogP contribution in [0.2, 0.25) is 0 Å². The normalized spacial score (nSPS) is 16.2. The summed E-state index contributed by atoms with van der Waals surface area (Å²) in [5, 5.41) is 3.08. The van der Waals surface area contributed by atoms with E-state index in [-0.39, 0.29) is 120 Å². The molecule has 6 fully saturated rings. The van der Waals surface area contributed by atoms with Crippen molar-refractivity contribution in [3.05, 3.63) is 211 Å². The number of ether oxygens (including phenoxy) is 2. The molecular weight excluding hydrogens is 1730 g/mol. The maximum Gasteiger partial charge on any atom is 0.230 e. The molecule has 6 heterocycles. The number of morpholine rings is 2. The van der Waals surface area contributed by atoms with Gasteiger partial charge in [0.2, 0.25) is 35.4 Å². The van der Waals surface area contributed by atoms with Crippen molar-refractivity contribution in [2.45, 2.75) is 114 Å². The summed E-state index contributed by atoms with van der Waals surface area (Å²) in [4.78, 5) is 121. The van der Waals surface area contributed by atoms with E-state index in [2.05, 4.69) is 15.1 Å². The number of ketones is 3. The summed E-state index contributed by atoms with van der Waals surface area (Å²) in [7, 11) is 3.93. The zero-order valence-electron chi connectivity index (χ0n) is 70.4. The van der Waals surface area contributed by atoms with Gasteiger partial charge in [-0.1, -0.05) is 0 Å². The second kappa shape index (κ2) is 51.7. The molecule has 6 aromatic rings. The van der Waals surface area contributed by atoms with E-state index in [1.165, 1.54) is 4.90 Å². The standard InChI is InChI=1S/C15H20F3N3O.C15H17F3N2O2.C15H19F3N2O.C14H17F3N2O2.C14H15F3N2O2.C14H14F3NO3/c1-20-2-4-21(5-3-20)15(22)8-11(19)6-10-7-13(17)14(18)9-12(10)16;1-19-2-4-20(5-3-19)15(22)8-11(21)6-10-7-13(17)14(18)9-12(10)16;16-12-9-14(18)13(17)7-10(12)6-11(19)8-15(21)20-4-2-1-3-5-20;15-11-8-13(17)12(16)6-9(11)5-10(18)7-14(20)19-1-3-21-4-2-19;15-11-8-13(17)12(16)6-9(11)5-10(20)7-14(21)19-3-1-18-2-4-19;15-11-8-13(17)12(16)6-9(11)5-10(19)7-14(20)18-1-3-21-4-2-18/h7,9,11H,2-6,8,19H2,1H3;7,9H,2-6,8H2,1H3;7,9,11H,1-6,8,19H2;6,8,10H,1-5,7,18H2;6,8,18H,1-5,7H2;6,8H,1-5,7H2/t11-;;11-;10-;;/m1.11../s1. The van der Waals surface area contributed by atoms with Crippen LogP contribution in [0.15, 0.2) is 72.8 Å². The van der Waals surface area contributed by atoms with Gasteiger partial charge in [-0.25, -0.2) is 79.0 Å². The molecule has 3 atom stereocenters. The van der Waals surface area contributed by atoms with Crippen LogP contribution in [0.1, 0.15) is 91.2 Å². The Bertz CT molecular complexity index is 4600. The average molecular weight is 1830 g/mol. The molecule has 0 spiro atoms. The van der Waals surface area contributed by atoms with Crippen LogP contribution >= 0.6 is 0 Å². The molecule has 6 aliphatic heterocycles. The van der Waals surface area contributed by atoms with Gasteiger partial charge in [0.1, 0.15) is 52.3 Å². The Morgan fingerprint density at radius 2 is 0.484 bits per heavy atom. The highest BCUT2D eigenvalue weighted by atomic mass is 19.2. The van der Waals surface area contributed by atoms with Gasteiger partial charge < -0.3 is 71.2 Å². The van der Waals surface area contributed by atoms with Crippen LogP contribution in [-0.2, 0) is 91.1 Å². The van der Waals surface area contributed by atoms with Crippen molar-refractivity contribution < 1.29 is 132 Å². The lowest BCUT2D eigenvalue weighted by atomic mass is 10.0. The predicted octanol–water partition coefficient (Wildman–Crippen LogP) is 8.62. The number of carbonyl (C=O) groups is 9. The van der Waals surface area contributed by atoms with Gasteiger partial charge >= 0.3 is 0 Å². The third-order valence-corrected chi connectivity index (χ3v) is 21.1. The van der Waals surface area contributed by atoms with Crippen molar-refractivity contribution in [1.29, 1.82) is 0 Å². The van der Waals surface area contributed by atoms with Crippen molar-refractivity contribution >= 4 is 52.8 Å². The van der Waals surface area contributed by atoms with E-state index in [0.717, 1.165) is 76.7 Å². The molecule has 23 nitrogen and oxygen atoms in total. The number of nitrogens with one attached hydrogen (secondary N) is 1. The summed E-state index contributed by atoms with van der Waals surface area (Å²) < 4.78 is 246. The number of hydrogen-bond donors (Lipinski definition) is 4. The first-order valence-electron chi connectivity index (χ1n) is 41.1. The second-order valence-corrected chi connectivity index (χ2v) is 31.3. The first-order chi connectivity index (χ1) is 60.6. The van der Waals surface area contributed by atoms with E-state index in [0.29, 0.717) is 160 Å². The minimum Gasteiger partial charge on any atom is -0.378 e. The van der Waals surface area contributed by atoms with Gasteiger partial charge in [-0.3, -0.25) is 43.2 Å². The Morgan fingerprint density at radius 3 is 0.758 bits per heavy atom. The first kappa shape index (κ1) is 105. The topological polar surface area (TPSA) is 288 Å². The molecule has 6 aromatic carbocycles. The summed E-state index contributed by atoms with van der Waals surface area (Å²) >= 11 is 0. The number of piperazine rings is 3. The van der Waals surface area contributed by atoms with E-state index in [9.17, 15) is 122 Å². The summed E-state index contributed by atoms with van der Waals surface area (Å²) in [5.41, 5.74) is 16.7. The average Bonchev–Trinajstić information content (AvgIpc) is 0.861. The molecule has 7 N–H and O–H groups in total. The molecule has 0 saturated carbocycles. The van der Waals surface area contributed by atoms with Crippen LogP contribution in [0.4, 0.5) is 79.0 Å². The Labute approximate surface area is 727 Å². The molecule has 0 unspecified atom stereocenters. The van der Waals surface area contributed by atoms with Gasteiger partial charge in [0.15, 0.2) is 69.8 Å². The van der Waals surface area contributed by atoms with Gasteiger partial charge in [-0.2, -0.15) is 0 Å². The van der Waals surface area contributed by atoms with Crippen LogP contribution in [-0.4, -0.2) is 268 Å². The molecule has 12 rings (SSSR count). The van der Waals surface area contributed by atoms with Crippen molar-refractivity contribution in [2.24, 2.45) is 17.2 Å². The summed E-state index contributed by atoms with van der Waals surface area (Å²) in [6, 6.07) is 5.11. The van der Waals surface area contributed by atoms with Gasteiger partial charge in [-0.15, -0.1) is 0 Å².